The quantitative estimate of drug-likeness (QED) is 0.854. The second-order valence-corrected chi connectivity index (χ2v) is 5.16. The minimum absolute atomic E-state index is 0.360. The standard InChI is InChI=1S/C13H17ClFNO/c1-16-10-4-6-13(17,7-5-10)11-3-2-9(14)8-12(11)15/h2-3,8,10,16-17H,4-7H2,1H3. The number of halogens is 2. The maximum atomic E-state index is 13.8. The van der Waals surface area contributed by atoms with Crippen molar-refractivity contribution in [2.45, 2.75) is 37.3 Å². The highest BCUT2D eigenvalue weighted by Gasteiger charge is 2.36. The van der Waals surface area contributed by atoms with E-state index in [1.807, 2.05) is 7.05 Å². The van der Waals surface area contributed by atoms with Crippen molar-refractivity contribution in [3.05, 3.63) is 34.6 Å². The smallest absolute Gasteiger partial charge is 0.130 e. The number of nitrogens with one attached hydrogen (secondary N) is 1. The van der Waals surface area contributed by atoms with Crippen LogP contribution in [0, 0.1) is 5.82 Å². The number of aliphatic hydroxyl groups is 1. The first-order valence-electron chi connectivity index (χ1n) is 5.90. The Labute approximate surface area is 106 Å². The Hall–Kier alpha value is -0.640. The van der Waals surface area contributed by atoms with Crippen molar-refractivity contribution >= 4 is 11.6 Å². The summed E-state index contributed by atoms with van der Waals surface area (Å²) in [6.45, 7) is 0. The Morgan fingerprint density at radius 2 is 2.06 bits per heavy atom. The van der Waals surface area contributed by atoms with E-state index in [4.69, 9.17) is 11.6 Å². The molecule has 0 spiro atoms. The number of hydrogen-bond donors (Lipinski definition) is 2. The molecule has 1 fully saturated rings. The number of hydrogen-bond acceptors (Lipinski definition) is 2. The summed E-state index contributed by atoms with van der Waals surface area (Å²) in [5.74, 6) is -0.414. The van der Waals surface area contributed by atoms with Gasteiger partial charge in [-0.1, -0.05) is 17.7 Å². The zero-order chi connectivity index (χ0) is 12.5. The van der Waals surface area contributed by atoms with E-state index in [-0.39, 0.29) is 0 Å². The maximum absolute atomic E-state index is 13.8. The highest BCUT2D eigenvalue weighted by atomic mass is 35.5. The van der Waals surface area contributed by atoms with Crippen molar-refractivity contribution in [3.8, 4) is 0 Å². The lowest BCUT2D eigenvalue weighted by Crippen LogP contribution is -2.38. The van der Waals surface area contributed by atoms with Crippen molar-refractivity contribution in [1.29, 1.82) is 0 Å². The maximum Gasteiger partial charge on any atom is 0.130 e. The van der Waals surface area contributed by atoms with Gasteiger partial charge in [-0.25, -0.2) is 4.39 Å². The van der Waals surface area contributed by atoms with E-state index in [0.717, 1.165) is 12.8 Å². The minimum atomic E-state index is -1.04. The molecule has 1 aliphatic carbocycles. The summed E-state index contributed by atoms with van der Waals surface area (Å²) in [6, 6.07) is 4.91. The van der Waals surface area contributed by atoms with Crippen LogP contribution in [0.3, 0.4) is 0 Å². The largest absolute Gasteiger partial charge is 0.385 e. The number of rotatable bonds is 2. The van der Waals surface area contributed by atoms with Crippen molar-refractivity contribution in [2.24, 2.45) is 0 Å². The van der Waals surface area contributed by atoms with Gasteiger partial charge in [-0.3, -0.25) is 0 Å². The molecule has 0 aliphatic heterocycles. The molecular formula is C13H17ClFNO. The summed E-state index contributed by atoms with van der Waals surface area (Å²) in [5.41, 5.74) is -0.668. The molecule has 94 valence electrons. The summed E-state index contributed by atoms with van der Waals surface area (Å²) < 4.78 is 13.8. The number of benzene rings is 1. The fourth-order valence-electron chi connectivity index (χ4n) is 2.52. The van der Waals surface area contributed by atoms with E-state index < -0.39 is 11.4 Å². The van der Waals surface area contributed by atoms with Crippen LogP contribution in [-0.2, 0) is 5.60 Å². The monoisotopic (exact) mass is 257 g/mol. The van der Waals surface area contributed by atoms with Crippen LogP contribution in [0.4, 0.5) is 4.39 Å². The highest BCUT2D eigenvalue weighted by molar-refractivity contribution is 6.30. The summed E-state index contributed by atoms with van der Waals surface area (Å²) in [6.07, 6.45) is 2.87. The van der Waals surface area contributed by atoms with E-state index in [0.29, 0.717) is 29.5 Å². The van der Waals surface area contributed by atoms with Gasteiger partial charge in [-0.15, -0.1) is 0 Å². The third-order valence-corrected chi connectivity index (χ3v) is 3.89. The second-order valence-electron chi connectivity index (χ2n) is 4.72. The molecule has 2 N–H and O–H groups in total. The zero-order valence-electron chi connectivity index (χ0n) is 9.84. The van der Waals surface area contributed by atoms with E-state index in [2.05, 4.69) is 5.32 Å². The molecular weight excluding hydrogens is 241 g/mol. The lowest BCUT2D eigenvalue weighted by Gasteiger charge is -2.36. The van der Waals surface area contributed by atoms with Crippen molar-refractivity contribution in [2.75, 3.05) is 7.05 Å². The van der Waals surface area contributed by atoms with Crippen molar-refractivity contribution < 1.29 is 9.50 Å². The lowest BCUT2D eigenvalue weighted by molar-refractivity contribution is -0.0106. The highest BCUT2D eigenvalue weighted by Crippen LogP contribution is 2.38. The predicted molar refractivity (Wildman–Crippen MR) is 66.6 cm³/mol. The zero-order valence-corrected chi connectivity index (χ0v) is 10.6. The Bertz CT molecular complexity index is 402. The lowest BCUT2D eigenvalue weighted by atomic mass is 9.77. The van der Waals surface area contributed by atoms with Crippen LogP contribution < -0.4 is 5.32 Å². The SMILES string of the molecule is CNC1CCC(O)(c2ccc(Cl)cc2F)CC1. The molecule has 1 aromatic rings. The first kappa shape index (κ1) is 12.8. The molecule has 0 heterocycles. The van der Waals surface area contributed by atoms with E-state index in [9.17, 15) is 9.50 Å². The summed E-state index contributed by atoms with van der Waals surface area (Å²) in [7, 11) is 1.91. The Kier molecular flexibility index (Phi) is 3.71. The van der Waals surface area contributed by atoms with Gasteiger partial charge >= 0.3 is 0 Å². The van der Waals surface area contributed by atoms with Crippen LogP contribution in [0.5, 0.6) is 0 Å². The average molecular weight is 258 g/mol. The van der Waals surface area contributed by atoms with Gasteiger partial charge in [0.25, 0.3) is 0 Å². The molecule has 0 radical (unpaired) electrons. The van der Waals surface area contributed by atoms with E-state index >= 15 is 0 Å². The Morgan fingerprint density at radius 3 is 2.59 bits per heavy atom. The fourth-order valence-corrected chi connectivity index (χ4v) is 2.68. The predicted octanol–water partition coefficient (Wildman–Crippen LogP) is 2.83. The average Bonchev–Trinajstić information content (AvgIpc) is 2.29. The van der Waals surface area contributed by atoms with Gasteiger partial charge in [0.2, 0.25) is 0 Å². The van der Waals surface area contributed by atoms with Gasteiger partial charge in [0.05, 0.1) is 5.60 Å². The molecule has 1 aliphatic rings. The summed E-state index contributed by atoms with van der Waals surface area (Å²) in [4.78, 5) is 0. The first-order valence-corrected chi connectivity index (χ1v) is 6.28. The summed E-state index contributed by atoms with van der Waals surface area (Å²) >= 11 is 5.72. The van der Waals surface area contributed by atoms with Gasteiger partial charge < -0.3 is 10.4 Å². The Morgan fingerprint density at radius 1 is 1.41 bits per heavy atom. The molecule has 0 amide bonds. The van der Waals surface area contributed by atoms with Gasteiger partial charge in [0.15, 0.2) is 0 Å². The first-order chi connectivity index (χ1) is 8.05. The molecule has 17 heavy (non-hydrogen) atoms. The summed E-state index contributed by atoms with van der Waals surface area (Å²) in [5, 5.41) is 14.1. The second kappa shape index (κ2) is 4.92. The van der Waals surface area contributed by atoms with Gasteiger partial charge in [-0.2, -0.15) is 0 Å². The van der Waals surface area contributed by atoms with Crippen LogP contribution in [0.15, 0.2) is 18.2 Å². The molecule has 1 saturated carbocycles. The van der Waals surface area contributed by atoms with Crippen molar-refractivity contribution in [1.82, 2.24) is 5.32 Å². The van der Waals surface area contributed by atoms with Crippen molar-refractivity contribution in [3.63, 3.8) is 0 Å². The minimum Gasteiger partial charge on any atom is -0.385 e. The van der Waals surface area contributed by atoms with Crippen LogP contribution in [0.25, 0.3) is 0 Å². The topological polar surface area (TPSA) is 32.3 Å². The van der Waals surface area contributed by atoms with Crippen LogP contribution in [0.1, 0.15) is 31.2 Å². The van der Waals surface area contributed by atoms with Crippen LogP contribution in [0.2, 0.25) is 5.02 Å². The van der Waals surface area contributed by atoms with Gasteiger partial charge in [0, 0.05) is 16.6 Å². The van der Waals surface area contributed by atoms with Gasteiger partial charge in [-0.05, 0) is 44.9 Å². The molecule has 1 aromatic carbocycles. The molecule has 0 bridgehead atoms. The molecule has 2 rings (SSSR count). The third-order valence-electron chi connectivity index (χ3n) is 3.65. The Balaban J connectivity index is 2.21. The van der Waals surface area contributed by atoms with Crippen LogP contribution >= 0.6 is 11.6 Å². The molecule has 2 nitrogen and oxygen atoms in total. The van der Waals surface area contributed by atoms with Crippen LogP contribution in [-0.4, -0.2) is 18.2 Å². The fraction of sp³-hybridized carbons (Fsp3) is 0.538. The molecule has 0 unspecified atom stereocenters. The molecule has 0 atom stereocenters. The molecule has 4 heteroatoms. The normalized spacial score (nSPS) is 29.3. The van der Waals surface area contributed by atoms with E-state index in [1.54, 1.807) is 12.1 Å². The molecule has 0 aromatic heterocycles. The van der Waals surface area contributed by atoms with Gasteiger partial charge in [0.1, 0.15) is 5.82 Å². The third kappa shape index (κ3) is 2.62. The molecule has 0 saturated heterocycles. The van der Waals surface area contributed by atoms with E-state index in [1.165, 1.54) is 6.07 Å².